The van der Waals surface area contributed by atoms with Crippen molar-refractivity contribution >= 4 is 0 Å². The molecule has 0 radical (unpaired) electrons. The Morgan fingerprint density at radius 3 is 2.39 bits per heavy atom. The molecule has 0 saturated carbocycles. The fourth-order valence-electron chi connectivity index (χ4n) is 2.52. The van der Waals surface area contributed by atoms with Gasteiger partial charge in [-0.15, -0.1) is 0 Å². The van der Waals surface area contributed by atoms with E-state index in [0.29, 0.717) is 12.1 Å². The van der Waals surface area contributed by atoms with Crippen molar-refractivity contribution in [2.24, 2.45) is 0 Å². The first-order chi connectivity index (χ1) is 8.47. The van der Waals surface area contributed by atoms with Crippen LogP contribution in [-0.2, 0) is 5.41 Å². The Hall–Kier alpha value is -0.860. The molecule has 0 aromatic heterocycles. The lowest BCUT2D eigenvalue weighted by Crippen LogP contribution is -2.33. The average molecular weight is 246 g/mol. The van der Waals surface area contributed by atoms with Crippen LogP contribution in [-0.4, -0.2) is 19.1 Å². The predicted octanol–water partition coefficient (Wildman–Crippen LogP) is 3.00. The summed E-state index contributed by atoms with van der Waals surface area (Å²) in [5, 5.41) is 7.09. The quantitative estimate of drug-likeness (QED) is 0.857. The minimum absolute atomic E-state index is 0.241. The van der Waals surface area contributed by atoms with E-state index >= 15 is 0 Å². The maximum Gasteiger partial charge on any atom is 0.0294 e. The first-order valence-electron chi connectivity index (χ1n) is 7.04. The zero-order chi connectivity index (χ0) is 13.2. The summed E-state index contributed by atoms with van der Waals surface area (Å²) in [5.74, 6) is 0. The van der Waals surface area contributed by atoms with E-state index in [4.69, 9.17) is 0 Å². The van der Waals surface area contributed by atoms with Gasteiger partial charge in [-0.1, -0.05) is 45.0 Å². The van der Waals surface area contributed by atoms with Gasteiger partial charge in [-0.2, -0.15) is 0 Å². The highest BCUT2D eigenvalue weighted by atomic mass is 15.0. The molecule has 18 heavy (non-hydrogen) atoms. The molecular formula is C16H26N2. The lowest BCUT2D eigenvalue weighted by molar-refractivity contribution is 0.478. The first-order valence-corrected chi connectivity index (χ1v) is 7.04. The van der Waals surface area contributed by atoms with Crippen LogP contribution in [0.25, 0.3) is 0 Å². The molecule has 100 valence electrons. The molecule has 1 aromatic rings. The van der Waals surface area contributed by atoms with Gasteiger partial charge < -0.3 is 10.6 Å². The Labute approximate surface area is 111 Å². The maximum atomic E-state index is 3.69. The van der Waals surface area contributed by atoms with E-state index in [1.807, 2.05) is 0 Å². The molecule has 2 N–H and O–H groups in total. The van der Waals surface area contributed by atoms with E-state index < -0.39 is 0 Å². The third kappa shape index (κ3) is 3.33. The van der Waals surface area contributed by atoms with Crippen molar-refractivity contribution in [1.82, 2.24) is 10.6 Å². The summed E-state index contributed by atoms with van der Waals surface area (Å²) in [6.45, 7) is 11.3. The largest absolute Gasteiger partial charge is 0.315 e. The highest BCUT2D eigenvalue weighted by Gasteiger charge is 2.18. The molecule has 1 aliphatic rings. The highest BCUT2D eigenvalue weighted by Crippen LogP contribution is 2.24. The fraction of sp³-hybridized carbons (Fsp3) is 0.625. The van der Waals surface area contributed by atoms with Crippen molar-refractivity contribution in [2.45, 2.75) is 51.6 Å². The van der Waals surface area contributed by atoms with Crippen LogP contribution in [0.1, 0.15) is 51.3 Å². The van der Waals surface area contributed by atoms with Gasteiger partial charge >= 0.3 is 0 Å². The highest BCUT2D eigenvalue weighted by molar-refractivity contribution is 5.29. The monoisotopic (exact) mass is 246 g/mol. The topological polar surface area (TPSA) is 24.1 Å². The maximum absolute atomic E-state index is 3.69. The third-order valence-electron chi connectivity index (χ3n) is 3.82. The Morgan fingerprint density at radius 1 is 1.22 bits per heavy atom. The Balaban J connectivity index is 2.00. The molecule has 1 fully saturated rings. The minimum atomic E-state index is 0.241. The van der Waals surface area contributed by atoms with Gasteiger partial charge in [0.1, 0.15) is 0 Å². The Morgan fingerprint density at radius 2 is 1.89 bits per heavy atom. The summed E-state index contributed by atoms with van der Waals surface area (Å²) < 4.78 is 0. The molecule has 2 rings (SSSR count). The second-order valence-electron chi connectivity index (χ2n) is 6.45. The summed E-state index contributed by atoms with van der Waals surface area (Å²) in [6.07, 6.45) is 1.24. The lowest BCUT2D eigenvalue weighted by atomic mass is 9.86. The minimum Gasteiger partial charge on any atom is -0.315 e. The fourth-order valence-corrected chi connectivity index (χ4v) is 2.52. The molecule has 1 aromatic carbocycles. The molecule has 1 aliphatic heterocycles. The van der Waals surface area contributed by atoms with Crippen LogP contribution >= 0.6 is 0 Å². The molecule has 0 bridgehead atoms. The molecule has 1 heterocycles. The second-order valence-corrected chi connectivity index (χ2v) is 6.45. The predicted molar refractivity (Wildman–Crippen MR) is 78.0 cm³/mol. The van der Waals surface area contributed by atoms with Crippen molar-refractivity contribution in [3.8, 4) is 0 Å². The van der Waals surface area contributed by atoms with Crippen molar-refractivity contribution in [3.63, 3.8) is 0 Å². The molecule has 0 amide bonds. The van der Waals surface area contributed by atoms with Crippen LogP contribution in [0, 0.1) is 0 Å². The zero-order valence-electron chi connectivity index (χ0n) is 12.1. The van der Waals surface area contributed by atoms with Gasteiger partial charge in [0.15, 0.2) is 0 Å². The van der Waals surface area contributed by atoms with E-state index in [2.05, 4.69) is 62.6 Å². The molecular weight excluding hydrogens is 220 g/mol. The normalized spacial score (nSPS) is 22.1. The molecule has 1 saturated heterocycles. The Bertz CT molecular complexity index is 369. The van der Waals surface area contributed by atoms with Crippen molar-refractivity contribution in [2.75, 3.05) is 13.1 Å². The number of hydrogen-bond acceptors (Lipinski definition) is 2. The van der Waals surface area contributed by atoms with Crippen LogP contribution in [0.15, 0.2) is 24.3 Å². The van der Waals surface area contributed by atoms with Crippen LogP contribution in [0.4, 0.5) is 0 Å². The van der Waals surface area contributed by atoms with Gasteiger partial charge in [-0.25, -0.2) is 0 Å². The van der Waals surface area contributed by atoms with Crippen LogP contribution < -0.4 is 10.6 Å². The van der Waals surface area contributed by atoms with Gasteiger partial charge in [0.2, 0.25) is 0 Å². The van der Waals surface area contributed by atoms with E-state index in [1.165, 1.54) is 17.5 Å². The van der Waals surface area contributed by atoms with E-state index in [-0.39, 0.29) is 5.41 Å². The lowest BCUT2D eigenvalue weighted by Gasteiger charge is -2.22. The summed E-state index contributed by atoms with van der Waals surface area (Å²) in [7, 11) is 0. The Kier molecular flexibility index (Phi) is 4.08. The van der Waals surface area contributed by atoms with Gasteiger partial charge in [0.25, 0.3) is 0 Å². The van der Waals surface area contributed by atoms with Crippen molar-refractivity contribution in [1.29, 1.82) is 0 Å². The van der Waals surface area contributed by atoms with Gasteiger partial charge in [-0.05, 0) is 36.4 Å². The first kappa shape index (κ1) is 13.6. The van der Waals surface area contributed by atoms with Gasteiger partial charge in [0.05, 0.1) is 0 Å². The third-order valence-corrected chi connectivity index (χ3v) is 3.82. The second kappa shape index (κ2) is 5.41. The van der Waals surface area contributed by atoms with Crippen molar-refractivity contribution in [3.05, 3.63) is 35.4 Å². The van der Waals surface area contributed by atoms with Crippen LogP contribution in [0.2, 0.25) is 0 Å². The molecule has 2 heteroatoms. The number of hydrogen-bond donors (Lipinski definition) is 2. The molecule has 0 spiro atoms. The van der Waals surface area contributed by atoms with Crippen LogP contribution in [0.5, 0.6) is 0 Å². The smallest absolute Gasteiger partial charge is 0.0294 e. The average Bonchev–Trinajstić information content (AvgIpc) is 2.81. The van der Waals surface area contributed by atoms with Crippen molar-refractivity contribution < 1.29 is 0 Å². The summed E-state index contributed by atoms with van der Waals surface area (Å²) in [6, 6.07) is 10.1. The van der Waals surface area contributed by atoms with E-state index in [1.54, 1.807) is 0 Å². The number of benzene rings is 1. The molecule has 0 aliphatic carbocycles. The number of rotatable bonds is 3. The summed E-state index contributed by atoms with van der Waals surface area (Å²) in [5.41, 5.74) is 3.03. The molecule has 2 atom stereocenters. The number of nitrogens with one attached hydrogen (secondary N) is 2. The molecule has 2 nitrogen and oxygen atoms in total. The SMILES string of the molecule is CC(NC1CCNC1)c1ccc(C(C)(C)C)cc1. The molecule has 2 unspecified atom stereocenters. The van der Waals surface area contributed by atoms with Gasteiger partial charge in [-0.3, -0.25) is 0 Å². The summed E-state index contributed by atoms with van der Waals surface area (Å²) in [4.78, 5) is 0. The van der Waals surface area contributed by atoms with E-state index in [9.17, 15) is 0 Å². The zero-order valence-corrected chi connectivity index (χ0v) is 12.1. The summed E-state index contributed by atoms with van der Waals surface area (Å²) >= 11 is 0. The standard InChI is InChI=1S/C16H26N2/c1-12(18-15-9-10-17-11-15)13-5-7-14(8-6-13)16(2,3)4/h5-8,12,15,17-18H,9-11H2,1-4H3. The van der Waals surface area contributed by atoms with Crippen LogP contribution in [0.3, 0.4) is 0 Å². The van der Waals surface area contributed by atoms with E-state index in [0.717, 1.165) is 13.1 Å². The van der Waals surface area contributed by atoms with Gasteiger partial charge in [0, 0.05) is 18.6 Å².